The maximum absolute atomic E-state index is 13.1. The van der Waals surface area contributed by atoms with Gasteiger partial charge in [0.15, 0.2) is 11.6 Å². The molecule has 1 aromatic heterocycles. The lowest BCUT2D eigenvalue weighted by molar-refractivity contribution is -0.140. The fourth-order valence-electron chi connectivity index (χ4n) is 2.98. The Morgan fingerprint density at radius 3 is 2.50 bits per heavy atom. The van der Waals surface area contributed by atoms with Gasteiger partial charge in [0.2, 0.25) is 0 Å². The number of alkyl halides is 3. The van der Waals surface area contributed by atoms with Crippen LogP contribution < -0.4 is 11.1 Å². The van der Waals surface area contributed by atoms with Crippen LogP contribution in [-0.2, 0) is 11.4 Å². The molecule has 168 valence electrons. The van der Waals surface area contributed by atoms with Crippen LogP contribution in [0.3, 0.4) is 0 Å². The molecule has 0 radical (unpaired) electrons. The number of nitrogens with one attached hydrogen (secondary N) is 1. The molecule has 0 unspecified atom stereocenters. The molecule has 7 nitrogen and oxygen atoms in total. The maximum atomic E-state index is 13.1. The van der Waals surface area contributed by atoms with Gasteiger partial charge < -0.3 is 20.5 Å². The molecule has 0 aliphatic heterocycles. The summed E-state index contributed by atoms with van der Waals surface area (Å²) in [7, 11) is 0. The van der Waals surface area contributed by atoms with Crippen molar-refractivity contribution in [3.8, 4) is 0 Å². The highest BCUT2D eigenvalue weighted by Gasteiger charge is 2.31. The molecule has 3 N–H and O–H groups in total. The molecule has 11 heteroatoms. The fraction of sp³-hybridized carbons (Fsp3) is 0.190. The minimum atomic E-state index is -4.55. The number of carbonyl (C=O) groups excluding carboxylic acids is 2. The first-order chi connectivity index (χ1) is 15.2. The molecule has 2 aromatic carbocycles. The third-order valence-electron chi connectivity index (χ3n) is 4.37. The number of fused-ring (bicyclic) bond motifs is 1. The number of amidine groups is 1. The van der Waals surface area contributed by atoms with Crippen molar-refractivity contribution in [2.24, 2.45) is 10.9 Å². The number of nitrogens with zero attached hydrogens (tertiary/aromatic N) is 2. The topological polar surface area (TPSA) is 98.7 Å². The summed E-state index contributed by atoms with van der Waals surface area (Å²) < 4.78 is 40.5. The number of ketones is 1. The minimum absolute atomic E-state index is 0.0258. The highest BCUT2D eigenvalue weighted by Crippen LogP contribution is 2.30. The van der Waals surface area contributed by atoms with Gasteiger partial charge in [-0.25, -0.2) is 4.79 Å². The van der Waals surface area contributed by atoms with E-state index in [0.29, 0.717) is 15.4 Å². The maximum Gasteiger partial charge on any atom is 0.406 e. The molecule has 0 aliphatic rings. The van der Waals surface area contributed by atoms with Crippen LogP contribution in [0.25, 0.3) is 10.9 Å². The van der Waals surface area contributed by atoms with Crippen molar-refractivity contribution in [2.75, 3.05) is 13.1 Å². The SMILES string of the molecule is N/C(CNCC(=O)c1ccccc1)=N\OC(=O)c1cc2c(Br)cccc2n1CC(F)(F)F. The fourth-order valence-corrected chi connectivity index (χ4v) is 3.45. The Labute approximate surface area is 189 Å². The number of hydrogen-bond donors (Lipinski definition) is 2. The van der Waals surface area contributed by atoms with Crippen molar-refractivity contribution < 1.29 is 27.6 Å². The number of rotatable bonds is 8. The van der Waals surface area contributed by atoms with Crippen molar-refractivity contribution in [2.45, 2.75) is 12.7 Å². The number of benzene rings is 2. The zero-order chi connectivity index (χ0) is 23.3. The van der Waals surface area contributed by atoms with E-state index in [-0.39, 0.29) is 35.9 Å². The second-order valence-electron chi connectivity index (χ2n) is 6.76. The molecule has 0 amide bonds. The van der Waals surface area contributed by atoms with E-state index in [1.807, 2.05) is 0 Å². The van der Waals surface area contributed by atoms with Crippen LogP contribution >= 0.6 is 15.9 Å². The van der Waals surface area contributed by atoms with Gasteiger partial charge in [0.05, 0.1) is 18.6 Å². The summed E-state index contributed by atoms with van der Waals surface area (Å²) in [4.78, 5) is 29.2. The Kier molecular flexibility index (Phi) is 7.31. The van der Waals surface area contributed by atoms with Crippen molar-refractivity contribution in [3.63, 3.8) is 0 Å². The zero-order valence-electron chi connectivity index (χ0n) is 16.5. The van der Waals surface area contributed by atoms with Crippen LogP contribution in [0.15, 0.2) is 64.2 Å². The number of Topliss-reactive ketones (excluding diaryl/α,β-unsaturated/α-hetero) is 1. The number of oxime groups is 1. The number of nitrogens with two attached hydrogens (primary N) is 1. The number of aromatic nitrogens is 1. The lowest BCUT2D eigenvalue weighted by Gasteiger charge is -2.12. The van der Waals surface area contributed by atoms with E-state index in [4.69, 9.17) is 10.6 Å². The van der Waals surface area contributed by atoms with Gasteiger partial charge >= 0.3 is 12.1 Å². The molecule has 3 aromatic rings. The van der Waals surface area contributed by atoms with Crippen molar-refractivity contribution in [1.82, 2.24) is 9.88 Å². The monoisotopic (exact) mass is 510 g/mol. The Bertz CT molecular complexity index is 1160. The Hall–Kier alpha value is -3.18. The molecular formula is C21H18BrF3N4O3. The molecule has 0 saturated heterocycles. The molecule has 1 heterocycles. The standard InChI is InChI=1S/C21H18BrF3N4O3/c22-15-7-4-8-16-14(15)9-17(29(16)12-21(23,24)25)20(31)32-28-19(26)11-27-10-18(30)13-5-2-1-3-6-13/h1-9,27H,10-12H2,(H2,26,28). The number of halogens is 4. The van der Waals surface area contributed by atoms with E-state index in [2.05, 4.69) is 26.4 Å². The molecule has 0 bridgehead atoms. The lowest BCUT2D eigenvalue weighted by atomic mass is 10.1. The van der Waals surface area contributed by atoms with E-state index in [1.165, 1.54) is 12.1 Å². The lowest BCUT2D eigenvalue weighted by Crippen LogP contribution is -2.33. The van der Waals surface area contributed by atoms with Gasteiger partial charge in [-0.05, 0) is 18.2 Å². The summed E-state index contributed by atoms with van der Waals surface area (Å²) in [5, 5.41) is 6.64. The molecule has 0 fully saturated rings. The van der Waals surface area contributed by atoms with E-state index in [1.54, 1.807) is 42.5 Å². The van der Waals surface area contributed by atoms with Gasteiger partial charge in [0.1, 0.15) is 12.2 Å². The van der Waals surface area contributed by atoms with Gasteiger partial charge in [-0.1, -0.05) is 57.5 Å². The minimum Gasteiger partial charge on any atom is -0.383 e. The first-order valence-corrected chi connectivity index (χ1v) is 10.1. The highest BCUT2D eigenvalue weighted by atomic mass is 79.9. The molecule has 0 spiro atoms. The quantitative estimate of drug-likeness (QED) is 0.157. The summed E-state index contributed by atoms with van der Waals surface area (Å²) in [5.41, 5.74) is 6.07. The second kappa shape index (κ2) is 9.96. The van der Waals surface area contributed by atoms with Gasteiger partial charge in [-0.3, -0.25) is 4.79 Å². The predicted molar refractivity (Wildman–Crippen MR) is 116 cm³/mol. The van der Waals surface area contributed by atoms with Crippen LogP contribution in [0.1, 0.15) is 20.8 Å². The van der Waals surface area contributed by atoms with Gasteiger partial charge in [0.25, 0.3) is 0 Å². The molecular weight excluding hydrogens is 493 g/mol. The average Bonchev–Trinajstić information content (AvgIpc) is 3.11. The van der Waals surface area contributed by atoms with Crippen LogP contribution in [0.2, 0.25) is 0 Å². The molecule has 32 heavy (non-hydrogen) atoms. The Morgan fingerprint density at radius 2 is 1.81 bits per heavy atom. The number of carbonyl (C=O) groups is 2. The van der Waals surface area contributed by atoms with Crippen LogP contribution in [-0.4, -0.2) is 41.4 Å². The summed E-state index contributed by atoms with van der Waals surface area (Å²) in [6, 6.07) is 14.6. The third-order valence-corrected chi connectivity index (χ3v) is 5.06. The predicted octanol–water partition coefficient (Wildman–Crippen LogP) is 3.87. The highest BCUT2D eigenvalue weighted by molar-refractivity contribution is 9.10. The Morgan fingerprint density at radius 1 is 1.09 bits per heavy atom. The first-order valence-electron chi connectivity index (χ1n) is 9.33. The molecule has 0 saturated carbocycles. The summed E-state index contributed by atoms with van der Waals surface area (Å²) in [5.74, 6) is -1.42. The number of hydrogen-bond acceptors (Lipinski definition) is 5. The first kappa shape index (κ1) is 23.5. The van der Waals surface area contributed by atoms with Crippen LogP contribution in [0.5, 0.6) is 0 Å². The molecule has 0 atom stereocenters. The molecule has 3 rings (SSSR count). The average molecular weight is 511 g/mol. The van der Waals surface area contributed by atoms with Gasteiger partial charge in [-0.15, -0.1) is 0 Å². The van der Waals surface area contributed by atoms with E-state index in [9.17, 15) is 22.8 Å². The summed E-state index contributed by atoms with van der Waals surface area (Å²) in [6.45, 7) is -1.47. The largest absolute Gasteiger partial charge is 0.406 e. The summed E-state index contributed by atoms with van der Waals surface area (Å²) >= 11 is 3.26. The zero-order valence-corrected chi connectivity index (χ0v) is 18.1. The van der Waals surface area contributed by atoms with Crippen molar-refractivity contribution in [1.29, 1.82) is 0 Å². The van der Waals surface area contributed by atoms with Crippen LogP contribution in [0, 0.1) is 0 Å². The van der Waals surface area contributed by atoms with Gasteiger partial charge in [-0.2, -0.15) is 13.2 Å². The summed E-state index contributed by atoms with van der Waals surface area (Å²) in [6.07, 6.45) is -4.55. The van der Waals surface area contributed by atoms with Crippen molar-refractivity contribution in [3.05, 3.63) is 70.3 Å². The van der Waals surface area contributed by atoms with Gasteiger partial charge in [0, 0.05) is 15.4 Å². The van der Waals surface area contributed by atoms with Crippen LogP contribution in [0.4, 0.5) is 13.2 Å². The molecule has 0 aliphatic carbocycles. The Balaban J connectivity index is 1.67. The third kappa shape index (κ3) is 5.95. The van der Waals surface area contributed by atoms with E-state index in [0.717, 1.165) is 4.57 Å². The van der Waals surface area contributed by atoms with E-state index >= 15 is 0 Å². The van der Waals surface area contributed by atoms with E-state index < -0.39 is 18.7 Å². The van der Waals surface area contributed by atoms with Crippen molar-refractivity contribution >= 4 is 44.4 Å². The smallest absolute Gasteiger partial charge is 0.383 e. The second-order valence-corrected chi connectivity index (χ2v) is 7.61. The normalized spacial score (nSPS) is 12.2.